The van der Waals surface area contributed by atoms with Gasteiger partial charge in [0.2, 0.25) is 0 Å². The molecule has 0 bridgehead atoms. The van der Waals surface area contributed by atoms with Crippen molar-refractivity contribution in [1.82, 2.24) is 4.98 Å². The Morgan fingerprint density at radius 1 is 1.28 bits per heavy atom. The Hall–Kier alpha value is -2.01. The molecule has 0 amide bonds. The highest BCUT2D eigenvalue weighted by Crippen LogP contribution is 2.27. The first-order chi connectivity index (χ1) is 8.56. The van der Waals surface area contributed by atoms with Gasteiger partial charge in [-0.3, -0.25) is 4.79 Å². The van der Waals surface area contributed by atoms with Crippen LogP contribution in [0.5, 0.6) is 5.75 Å². The molecule has 0 atom stereocenters. The van der Waals surface area contributed by atoms with Gasteiger partial charge in [-0.2, -0.15) is 0 Å². The molecule has 0 unspecified atom stereocenters. The molecule has 1 aromatic carbocycles. The number of ether oxygens (including phenoxy) is 2. The zero-order chi connectivity index (χ0) is 13.3. The van der Waals surface area contributed by atoms with E-state index < -0.39 is 5.97 Å². The first-order valence-electron chi connectivity index (χ1n) is 5.05. The van der Waals surface area contributed by atoms with Gasteiger partial charge in [-0.15, -0.1) is 0 Å². The van der Waals surface area contributed by atoms with E-state index in [4.69, 9.17) is 16.3 Å². The van der Waals surface area contributed by atoms with E-state index in [9.17, 15) is 9.59 Å². The van der Waals surface area contributed by atoms with Gasteiger partial charge in [0, 0.05) is 17.5 Å². The summed E-state index contributed by atoms with van der Waals surface area (Å²) < 4.78 is 9.60. The van der Waals surface area contributed by atoms with Gasteiger partial charge in [-0.05, 0) is 6.07 Å². The van der Waals surface area contributed by atoms with E-state index in [0.29, 0.717) is 21.7 Å². The van der Waals surface area contributed by atoms with Crippen molar-refractivity contribution < 1.29 is 14.3 Å². The van der Waals surface area contributed by atoms with Crippen molar-refractivity contribution in [2.75, 3.05) is 14.2 Å². The number of nitrogens with one attached hydrogen (secondary N) is 1. The lowest BCUT2D eigenvalue weighted by Crippen LogP contribution is -2.11. The molecule has 94 valence electrons. The molecular formula is C12H10ClNO4. The number of carbonyl (C=O) groups is 1. The second-order valence-corrected chi connectivity index (χ2v) is 3.98. The number of hydrogen-bond acceptors (Lipinski definition) is 4. The van der Waals surface area contributed by atoms with Gasteiger partial charge in [0.05, 0.1) is 24.8 Å². The van der Waals surface area contributed by atoms with Crippen molar-refractivity contribution in [2.24, 2.45) is 0 Å². The fraction of sp³-hybridized carbons (Fsp3) is 0.167. The van der Waals surface area contributed by atoms with Gasteiger partial charge >= 0.3 is 5.97 Å². The molecule has 0 saturated carbocycles. The van der Waals surface area contributed by atoms with Crippen LogP contribution in [0.25, 0.3) is 10.9 Å². The number of pyridine rings is 1. The standard InChI is InChI=1S/C12H10ClNO4/c1-17-11-5-8-6(3-7(11)13)10(15)4-9(14-8)12(16)18-2/h3-5H,1-2H3,(H,14,15). The maximum atomic E-state index is 11.8. The van der Waals surface area contributed by atoms with Gasteiger partial charge in [-0.25, -0.2) is 4.79 Å². The second-order valence-electron chi connectivity index (χ2n) is 3.57. The third-order valence-electron chi connectivity index (χ3n) is 2.51. The smallest absolute Gasteiger partial charge is 0.354 e. The summed E-state index contributed by atoms with van der Waals surface area (Å²) >= 11 is 5.94. The number of methoxy groups -OCH3 is 2. The topological polar surface area (TPSA) is 68.4 Å². The Kier molecular flexibility index (Phi) is 3.25. The number of esters is 1. The van der Waals surface area contributed by atoms with Crippen LogP contribution in [0.4, 0.5) is 0 Å². The SMILES string of the molecule is COC(=O)c1cc(=O)c2cc(Cl)c(OC)cc2[nH]1. The number of H-pyrrole nitrogens is 1. The van der Waals surface area contributed by atoms with Crippen LogP contribution in [0.3, 0.4) is 0 Å². The first-order valence-corrected chi connectivity index (χ1v) is 5.43. The number of rotatable bonds is 2. The molecule has 2 aromatic rings. The quantitative estimate of drug-likeness (QED) is 0.845. The van der Waals surface area contributed by atoms with Crippen LogP contribution in [0.1, 0.15) is 10.5 Å². The van der Waals surface area contributed by atoms with Crippen LogP contribution in [0.2, 0.25) is 5.02 Å². The minimum absolute atomic E-state index is 0.0828. The van der Waals surface area contributed by atoms with Crippen molar-refractivity contribution in [3.63, 3.8) is 0 Å². The number of carbonyl (C=O) groups excluding carboxylic acids is 1. The van der Waals surface area contributed by atoms with Crippen molar-refractivity contribution in [3.05, 3.63) is 39.1 Å². The first kappa shape index (κ1) is 12.4. The maximum absolute atomic E-state index is 11.8. The van der Waals surface area contributed by atoms with Crippen LogP contribution in [-0.4, -0.2) is 25.2 Å². The zero-order valence-electron chi connectivity index (χ0n) is 9.74. The fourth-order valence-electron chi connectivity index (χ4n) is 1.63. The second kappa shape index (κ2) is 4.70. The van der Waals surface area contributed by atoms with Gasteiger partial charge in [-0.1, -0.05) is 11.6 Å². The molecule has 6 heteroatoms. The van der Waals surface area contributed by atoms with Gasteiger partial charge < -0.3 is 14.5 Å². The molecule has 0 spiro atoms. The molecule has 0 saturated heterocycles. The molecular weight excluding hydrogens is 258 g/mol. The lowest BCUT2D eigenvalue weighted by Gasteiger charge is -2.06. The molecule has 0 fully saturated rings. The molecule has 0 radical (unpaired) electrons. The Labute approximate surface area is 107 Å². The van der Waals surface area contributed by atoms with E-state index in [1.165, 1.54) is 26.4 Å². The number of aromatic amines is 1. The number of fused-ring (bicyclic) bond motifs is 1. The summed E-state index contributed by atoms with van der Waals surface area (Å²) in [5.74, 6) is -0.190. The summed E-state index contributed by atoms with van der Waals surface area (Å²) in [5, 5.41) is 0.717. The van der Waals surface area contributed by atoms with Gasteiger partial charge in [0.15, 0.2) is 5.43 Å². The number of halogens is 1. The van der Waals surface area contributed by atoms with Crippen LogP contribution in [-0.2, 0) is 4.74 Å². The monoisotopic (exact) mass is 267 g/mol. The van der Waals surface area contributed by atoms with Crippen molar-refractivity contribution in [1.29, 1.82) is 0 Å². The Morgan fingerprint density at radius 3 is 2.61 bits per heavy atom. The fourth-order valence-corrected chi connectivity index (χ4v) is 1.87. The van der Waals surface area contributed by atoms with Crippen LogP contribution in [0.15, 0.2) is 23.0 Å². The molecule has 5 nitrogen and oxygen atoms in total. The Balaban J connectivity index is 2.75. The Morgan fingerprint density at radius 2 is 2.00 bits per heavy atom. The predicted molar refractivity (Wildman–Crippen MR) is 67.5 cm³/mol. The number of aromatic nitrogens is 1. The summed E-state index contributed by atoms with van der Waals surface area (Å²) in [6.45, 7) is 0. The average Bonchev–Trinajstić information content (AvgIpc) is 2.37. The highest BCUT2D eigenvalue weighted by Gasteiger charge is 2.12. The summed E-state index contributed by atoms with van der Waals surface area (Å²) in [6.07, 6.45) is 0. The Bertz CT molecular complexity index is 678. The highest BCUT2D eigenvalue weighted by atomic mass is 35.5. The van der Waals surface area contributed by atoms with E-state index >= 15 is 0 Å². The third kappa shape index (κ3) is 2.04. The predicted octanol–water partition coefficient (Wildman–Crippen LogP) is 1.98. The van der Waals surface area contributed by atoms with Crippen molar-refractivity contribution in [2.45, 2.75) is 0 Å². The lowest BCUT2D eigenvalue weighted by molar-refractivity contribution is 0.0594. The van der Waals surface area contributed by atoms with E-state index in [-0.39, 0.29) is 11.1 Å². The molecule has 0 aliphatic carbocycles. The van der Waals surface area contributed by atoms with Crippen molar-refractivity contribution >= 4 is 28.5 Å². The molecule has 1 heterocycles. The van der Waals surface area contributed by atoms with E-state index in [0.717, 1.165) is 0 Å². The third-order valence-corrected chi connectivity index (χ3v) is 2.80. The molecule has 1 aromatic heterocycles. The minimum Gasteiger partial charge on any atom is -0.495 e. The molecule has 1 N–H and O–H groups in total. The lowest BCUT2D eigenvalue weighted by atomic mass is 10.2. The molecule has 2 rings (SSSR count). The largest absolute Gasteiger partial charge is 0.495 e. The average molecular weight is 268 g/mol. The van der Waals surface area contributed by atoms with E-state index in [1.807, 2.05) is 0 Å². The summed E-state index contributed by atoms with van der Waals surface area (Å²) in [4.78, 5) is 26.0. The van der Waals surface area contributed by atoms with Crippen LogP contribution >= 0.6 is 11.6 Å². The highest BCUT2D eigenvalue weighted by molar-refractivity contribution is 6.32. The van der Waals surface area contributed by atoms with E-state index in [1.54, 1.807) is 6.07 Å². The molecule has 0 aliphatic rings. The van der Waals surface area contributed by atoms with Crippen LogP contribution in [0, 0.1) is 0 Å². The van der Waals surface area contributed by atoms with E-state index in [2.05, 4.69) is 9.72 Å². The van der Waals surface area contributed by atoms with Gasteiger partial charge in [0.25, 0.3) is 0 Å². The molecule has 18 heavy (non-hydrogen) atoms. The zero-order valence-corrected chi connectivity index (χ0v) is 10.5. The van der Waals surface area contributed by atoms with Crippen molar-refractivity contribution in [3.8, 4) is 5.75 Å². The summed E-state index contributed by atoms with van der Waals surface area (Å²) in [6, 6.07) is 4.23. The number of hydrogen-bond donors (Lipinski definition) is 1. The molecule has 0 aliphatic heterocycles. The summed E-state index contributed by atoms with van der Waals surface area (Å²) in [7, 11) is 2.71. The van der Waals surface area contributed by atoms with Gasteiger partial charge in [0.1, 0.15) is 11.4 Å². The maximum Gasteiger partial charge on any atom is 0.354 e. The minimum atomic E-state index is -0.608. The number of benzene rings is 1. The normalized spacial score (nSPS) is 10.4. The summed E-state index contributed by atoms with van der Waals surface area (Å²) in [5.41, 5.74) is 0.234. The van der Waals surface area contributed by atoms with Crippen LogP contribution < -0.4 is 10.2 Å².